The van der Waals surface area contributed by atoms with E-state index in [0.717, 1.165) is 13.2 Å². The first-order chi connectivity index (χ1) is 17.4. The molecule has 4 aromatic rings. The van der Waals surface area contributed by atoms with Gasteiger partial charge in [0.05, 0.1) is 46.4 Å². The number of rotatable bonds is 3. The van der Waals surface area contributed by atoms with Crippen molar-refractivity contribution in [3.05, 3.63) is 57.8 Å². The van der Waals surface area contributed by atoms with Crippen LogP contribution in [0.3, 0.4) is 0 Å². The molecule has 1 saturated heterocycles. The molecule has 4 aromatic heterocycles. The first-order valence-electron chi connectivity index (χ1n) is 10.7. The molecule has 12 heteroatoms. The van der Waals surface area contributed by atoms with Crippen molar-refractivity contribution in [3.8, 4) is 17.8 Å². The van der Waals surface area contributed by atoms with Gasteiger partial charge in [-0.3, -0.25) is 14.8 Å². The number of aromatic nitrogens is 4. The number of halogens is 2. The van der Waals surface area contributed by atoms with Crippen molar-refractivity contribution in [1.29, 1.82) is 5.26 Å². The second kappa shape index (κ2) is 12.8. The largest absolute Gasteiger partial charge is 0.481 e. The highest BCUT2D eigenvalue weighted by Gasteiger charge is 2.13. The molecule has 0 unspecified atom stereocenters. The minimum Gasteiger partial charge on any atom is -0.481 e. The third-order valence-electron chi connectivity index (χ3n) is 4.88. The van der Waals surface area contributed by atoms with E-state index in [0.29, 0.717) is 44.4 Å². The van der Waals surface area contributed by atoms with Crippen molar-refractivity contribution in [2.24, 2.45) is 5.73 Å². The number of hydrogen-bond donors (Lipinski definition) is 1. The molecule has 0 aromatic carbocycles. The predicted octanol–water partition coefficient (Wildman–Crippen LogP) is 4.35. The van der Waals surface area contributed by atoms with E-state index in [4.69, 9.17) is 48.4 Å². The van der Waals surface area contributed by atoms with Gasteiger partial charge in [0.25, 0.3) is 5.91 Å². The van der Waals surface area contributed by atoms with Crippen molar-refractivity contribution in [2.75, 3.05) is 27.4 Å². The lowest BCUT2D eigenvalue weighted by molar-refractivity contribution is 0.1000. The number of amides is 1. The molecule has 2 N–H and O–H groups in total. The van der Waals surface area contributed by atoms with Crippen molar-refractivity contribution < 1.29 is 19.0 Å². The van der Waals surface area contributed by atoms with Gasteiger partial charge in [-0.05, 0) is 25.0 Å². The third kappa shape index (κ3) is 6.46. The Kier molecular flexibility index (Phi) is 9.53. The standard InChI is InChI=1S/C10H8ClN3O2.C10H6ClN3O.C4H8O/c1-16-7-3-2-6-9(14-7)8(11)5(4-13-6)10(12)15;1-15-8-3-2-7-10(14-8)9(11)6(4-12)5-13-7;1-2-4-5-3-1/h2-4H,1H3,(H2,12,15);2-3,5H,1H3;1-4H2. The normalized spacial score (nSPS) is 12.1. The molecular formula is C24H22Cl2N6O4. The molecule has 1 aliphatic heterocycles. The number of nitrogens with zero attached hydrogens (tertiary/aromatic N) is 5. The molecule has 36 heavy (non-hydrogen) atoms. The molecular weight excluding hydrogens is 507 g/mol. The van der Waals surface area contributed by atoms with Gasteiger partial charge in [0.2, 0.25) is 11.8 Å². The topological polar surface area (TPSA) is 146 Å². The fourth-order valence-corrected chi connectivity index (χ4v) is 3.53. The van der Waals surface area contributed by atoms with Gasteiger partial charge < -0.3 is 19.9 Å². The Hall–Kier alpha value is -3.78. The van der Waals surface area contributed by atoms with E-state index in [9.17, 15) is 4.79 Å². The number of primary amides is 1. The lowest BCUT2D eigenvalue weighted by Crippen LogP contribution is -2.12. The third-order valence-corrected chi connectivity index (χ3v) is 5.65. The zero-order chi connectivity index (χ0) is 26.1. The molecule has 1 fully saturated rings. The van der Waals surface area contributed by atoms with Gasteiger partial charge in [0.15, 0.2) is 0 Å². The highest BCUT2D eigenvalue weighted by Crippen LogP contribution is 2.26. The Morgan fingerprint density at radius 2 is 1.47 bits per heavy atom. The Labute approximate surface area is 216 Å². The average Bonchev–Trinajstić information content (AvgIpc) is 3.50. The molecule has 186 valence electrons. The molecule has 5 heterocycles. The summed E-state index contributed by atoms with van der Waals surface area (Å²) in [5, 5.41) is 9.27. The lowest BCUT2D eigenvalue weighted by Gasteiger charge is -2.04. The van der Waals surface area contributed by atoms with Crippen molar-refractivity contribution in [1.82, 2.24) is 19.9 Å². The SMILES string of the molecule is C1CCOC1.COc1ccc2ncc(C#N)c(Cl)c2n1.COc1ccc2ncc(C(N)=O)c(Cl)c2n1. The molecule has 0 aliphatic carbocycles. The van der Waals surface area contributed by atoms with E-state index in [1.807, 2.05) is 6.07 Å². The van der Waals surface area contributed by atoms with E-state index in [2.05, 4.69) is 19.9 Å². The Balaban J connectivity index is 0.000000168. The molecule has 0 saturated carbocycles. The van der Waals surface area contributed by atoms with Crippen LogP contribution in [0.5, 0.6) is 11.8 Å². The second-order valence-corrected chi connectivity index (χ2v) is 7.97. The molecule has 1 amide bonds. The van der Waals surface area contributed by atoms with Gasteiger partial charge in [-0.15, -0.1) is 0 Å². The number of nitrogens with two attached hydrogens (primary N) is 1. The molecule has 5 rings (SSSR count). The van der Waals surface area contributed by atoms with Gasteiger partial charge in [-0.2, -0.15) is 5.26 Å². The van der Waals surface area contributed by atoms with Gasteiger partial charge in [-0.25, -0.2) is 9.97 Å². The van der Waals surface area contributed by atoms with Crippen LogP contribution >= 0.6 is 23.2 Å². The van der Waals surface area contributed by atoms with E-state index >= 15 is 0 Å². The monoisotopic (exact) mass is 528 g/mol. The number of pyridine rings is 4. The Morgan fingerprint density at radius 1 is 0.944 bits per heavy atom. The van der Waals surface area contributed by atoms with Crippen LogP contribution in [0.2, 0.25) is 10.0 Å². The fraction of sp³-hybridized carbons (Fsp3) is 0.250. The summed E-state index contributed by atoms with van der Waals surface area (Å²) in [6, 6.07) is 8.75. The van der Waals surface area contributed by atoms with Gasteiger partial charge in [0.1, 0.15) is 17.1 Å². The smallest absolute Gasteiger partial charge is 0.251 e. The van der Waals surface area contributed by atoms with Crippen LogP contribution < -0.4 is 15.2 Å². The number of methoxy groups -OCH3 is 2. The number of carbonyl (C=O) groups excluding carboxylic acids is 1. The summed E-state index contributed by atoms with van der Waals surface area (Å²) in [6.07, 6.45) is 5.32. The van der Waals surface area contributed by atoms with Crippen LogP contribution in [0, 0.1) is 11.3 Å². The molecule has 1 aliphatic rings. The van der Waals surface area contributed by atoms with Crippen LogP contribution in [-0.4, -0.2) is 53.3 Å². The number of ether oxygens (including phenoxy) is 3. The first-order valence-corrected chi connectivity index (χ1v) is 11.4. The second-order valence-electron chi connectivity index (χ2n) is 7.21. The summed E-state index contributed by atoms with van der Waals surface area (Å²) in [7, 11) is 3.01. The fourth-order valence-electron chi connectivity index (χ4n) is 3.02. The maximum atomic E-state index is 11.1. The molecule has 0 radical (unpaired) electrons. The van der Waals surface area contributed by atoms with Gasteiger partial charge in [-0.1, -0.05) is 23.2 Å². The van der Waals surface area contributed by atoms with E-state index in [1.165, 1.54) is 39.5 Å². The van der Waals surface area contributed by atoms with E-state index in [1.54, 1.807) is 24.3 Å². The summed E-state index contributed by atoms with van der Waals surface area (Å²) in [5.74, 6) is 0.211. The highest BCUT2D eigenvalue weighted by atomic mass is 35.5. The number of carbonyl (C=O) groups is 1. The van der Waals surface area contributed by atoms with E-state index < -0.39 is 5.91 Å². The Morgan fingerprint density at radius 3 is 1.92 bits per heavy atom. The summed E-state index contributed by atoms with van der Waals surface area (Å²) in [5.41, 5.74) is 7.71. The Bertz CT molecular complexity index is 1420. The maximum absolute atomic E-state index is 11.1. The van der Waals surface area contributed by atoms with Crippen molar-refractivity contribution in [2.45, 2.75) is 12.8 Å². The van der Waals surface area contributed by atoms with Crippen LogP contribution in [0.1, 0.15) is 28.8 Å². The molecule has 0 spiro atoms. The zero-order valence-electron chi connectivity index (χ0n) is 19.5. The van der Waals surface area contributed by atoms with E-state index in [-0.39, 0.29) is 10.6 Å². The molecule has 0 atom stereocenters. The van der Waals surface area contributed by atoms with Crippen LogP contribution in [0.15, 0.2) is 36.7 Å². The minimum atomic E-state index is -0.635. The summed E-state index contributed by atoms with van der Waals surface area (Å²) in [6.45, 7) is 2.00. The number of nitriles is 1. The lowest BCUT2D eigenvalue weighted by atomic mass is 10.2. The first kappa shape index (κ1) is 26.8. The van der Waals surface area contributed by atoms with Gasteiger partial charge in [0, 0.05) is 37.7 Å². The van der Waals surface area contributed by atoms with Crippen LogP contribution in [0.4, 0.5) is 0 Å². The van der Waals surface area contributed by atoms with Crippen LogP contribution in [-0.2, 0) is 4.74 Å². The highest BCUT2D eigenvalue weighted by molar-refractivity contribution is 6.38. The average molecular weight is 529 g/mol. The molecule has 10 nitrogen and oxygen atoms in total. The maximum Gasteiger partial charge on any atom is 0.251 e. The summed E-state index contributed by atoms with van der Waals surface area (Å²) < 4.78 is 14.9. The van der Waals surface area contributed by atoms with Crippen molar-refractivity contribution >= 4 is 51.2 Å². The minimum absolute atomic E-state index is 0.148. The van der Waals surface area contributed by atoms with Gasteiger partial charge >= 0.3 is 0 Å². The van der Waals surface area contributed by atoms with Crippen LogP contribution in [0.25, 0.3) is 22.1 Å². The predicted molar refractivity (Wildman–Crippen MR) is 135 cm³/mol. The number of fused-ring (bicyclic) bond motifs is 2. The summed E-state index contributed by atoms with van der Waals surface area (Å²) >= 11 is 12.0. The summed E-state index contributed by atoms with van der Waals surface area (Å²) in [4.78, 5) is 27.4. The number of hydrogen-bond acceptors (Lipinski definition) is 9. The molecule has 0 bridgehead atoms. The van der Waals surface area contributed by atoms with Crippen molar-refractivity contribution in [3.63, 3.8) is 0 Å². The quantitative estimate of drug-likeness (QED) is 0.409. The zero-order valence-corrected chi connectivity index (χ0v) is 21.0.